The van der Waals surface area contributed by atoms with Gasteiger partial charge in [-0.05, 0) is 45.6 Å². The van der Waals surface area contributed by atoms with Gasteiger partial charge in [-0.2, -0.15) is 13.2 Å². The second-order valence-electron chi connectivity index (χ2n) is 5.47. The first-order chi connectivity index (χ1) is 8.23. The first-order valence-electron chi connectivity index (χ1n) is 6.47. The van der Waals surface area contributed by atoms with Crippen molar-refractivity contribution < 1.29 is 18.3 Å². The third-order valence-electron chi connectivity index (χ3n) is 3.30. The lowest BCUT2D eigenvalue weighted by atomic mass is 9.99. The van der Waals surface area contributed by atoms with E-state index in [1.54, 1.807) is 6.92 Å². The molecule has 0 bridgehead atoms. The quantitative estimate of drug-likeness (QED) is 0.661. The number of nitrogens with two attached hydrogens (primary N) is 1. The van der Waals surface area contributed by atoms with Crippen LogP contribution in [0.4, 0.5) is 13.2 Å². The molecule has 1 fully saturated rings. The SMILES string of the molecule is CC(O)(CN)CCCCN(CC(F)(F)F)C1CC1. The van der Waals surface area contributed by atoms with Gasteiger partial charge in [-0.1, -0.05) is 0 Å². The Labute approximate surface area is 106 Å². The number of halogens is 3. The van der Waals surface area contributed by atoms with Gasteiger partial charge in [0, 0.05) is 12.6 Å². The fourth-order valence-electron chi connectivity index (χ4n) is 1.98. The van der Waals surface area contributed by atoms with Crippen molar-refractivity contribution in [2.75, 3.05) is 19.6 Å². The second-order valence-corrected chi connectivity index (χ2v) is 5.47. The third-order valence-corrected chi connectivity index (χ3v) is 3.30. The summed E-state index contributed by atoms with van der Waals surface area (Å²) in [4.78, 5) is 1.51. The van der Waals surface area contributed by atoms with Crippen LogP contribution in [0.5, 0.6) is 0 Å². The summed E-state index contributed by atoms with van der Waals surface area (Å²) >= 11 is 0. The summed E-state index contributed by atoms with van der Waals surface area (Å²) in [5, 5.41) is 9.68. The monoisotopic (exact) mass is 268 g/mol. The molecular formula is C12H23F3N2O. The average molecular weight is 268 g/mol. The van der Waals surface area contributed by atoms with Crippen molar-refractivity contribution in [3.63, 3.8) is 0 Å². The fraction of sp³-hybridized carbons (Fsp3) is 1.00. The average Bonchev–Trinajstić information content (AvgIpc) is 3.04. The van der Waals surface area contributed by atoms with Gasteiger partial charge < -0.3 is 10.8 Å². The fourth-order valence-corrected chi connectivity index (χ4v) is 1.98. The molecule has 0 aliphatic heterocycles. The number of hydrogen-bond acceptors (Lipinski definition) is 3. The summed E-state index contributed by atoms with van der Waals surface area (Å²) < 4.78 is 37.0. The predicted molar refractivity (Wildman–Crippen MR) is 64.2 cm³/mol. The largest absolute Gasteiger partial charge is 0.401 e. The van der Waals surface area contributed by atoms with Crippen molar-refractivity contribution in [1.29, 1.82) is 0 Å². The Kier molecular flexibility index (Phi) is 5.43. The molecule has 0 heterocycles. The number of hydrogen-bond donors (Lipinski definition) is 2. The summed E-state index contributed by atoms with van der Waals surface area (Å²) in [5.74, 6) is 0. The number of alkyl halides is 3. The summed E-state index contributed by atoms with van der Waals surface area (Å²) in [6.45, 7) is 1.47. The Balaban J connectivity index is 2.22. The Bertz CT molecular complexity index is 252. The Hall–Kier alpha value is -0.330. The highest BCUT2D eigenvalue weighted by atomic mass is 19.4. The molecule has 3 N–H and O–H groups in total. The zero-order chi connectivity index (χ0) is 13.8. The van der Waals surface area contributed by atoms with Gasteiger partial charge in [0.2, 0.25) is 0 Å². The Morgan fingerprint density at radius 2 is 1.89 bits per heavy atom. The molecule has 0 radical (unpaired) electrons. The molecule has 1 aliphatic carbocycles. The van der Waals surface area contributed by atoms with E-state index in [9.17, 15) is 18.3 Å². The predicted octanol–water partition coefficient (Wildman–Crippen LogP) is 1.89. The normalized spacial score (nSPS) is 20.2. The van der Waals surface area contributed by atoms with E-state index in [-0.39, 0.29) is 12.6 Å². The van der Waals surface area contributed by atoms with Crippen molar-refractivity contribution in [2.45, 2.75) is 56.8 Å². The lowest BCUT2D eigenvalue weighted by Gasteiger charge is -2.25. The van der Waals surface area contributed by atoms with Gasteiger partial charge >= 0.3 is 6.18 Å². The molecule has 1 saturated carbocycles. The Morgan fingerprint density at radius 1 is 1.28 bits per heavy atom. The molecule has 108 valence electrons. The maximum atomic E-state index is 12.3. The maximum Gasteiger partial charge on any atom is 0.401 e. The Morgan fingerprint density at radius 3 is 2.33 bits per heavy atom. The minimum absolute atomic E-state index is 0.113. The van der Waals surface area contributed by atoms with Crippen LogP contribution >= 0.6 is 0 Å². The van der Waals surface area contributed by atoms with Crippen LogP contribution < -0.4 is 5.73 Å². The maximum absolute atomic E-state index is 12.3. The van der Waals surface area contributed by atoms with Gasteiger partial charge in [-0.25, -0.2) is 0 Å². The number of rotatable bonds is 8. The van der Waals surface area contributed by atoms with Gasteiger partial charge in [-0.3, -0.25) is 4.90 Å². The first-order valence-corrected chi connectivity index (χ1v) is 6.47. The zero-order valence-electron chi connectivity index (χ0n) is 10.8. The van der Waals surface area contributed by atoms with Gasteiger partial charge in [0.25, 0.3) is 0 Å². The van der Waals surface area contributed by atoms with Crippen LogP contribution in [0.2, 0.25) is 0 Å². The molecule has 3 nitrogen and oxygen atoms in total. The molecule has 0 amide bonds. The van der Waals surface area contributed by atoms with Gasteiger partial charge in [0.1, 0.15) is 0 Å². The van der Waals surface area contributed by atoms with E-state index in [0.717, 1.165) is 12.8 Å². The molecule has 18 heavy (non-hydrogen) atoms. The van der Waals surface area contributed by atoms with Crippen LogP contribution in [0.25, 0.3) is 0 Å². The molecule has 1 atom stereocenters. The van der Waals surface area contributed by atoms with E-state index in [1.807, 2.05) is 0 Å². The lowest BCUT2D eigenvalue weighted by molar-refractivity contribution is -0.147. The van der Waals surface area contributed by atoms with Gasteiger partial charge in [0.05, 0.1) is 12.1 Å². The zero-order valence-corrected chi connectivity index (χ0v) is 10.8. The van der Waals surface area contributed by atoms with Crippen molar-refractivity contribution >= 4 is 0 Å². The molecule has 1 unspecified atom stereocenters. The third kappa shape index (κ3) is 6.56. The molecule has 0 aromatic heterocycles. The van der Waals surface area contributed by atoms with Crippen LogP contribution in [0.1, 0.15) is 39.0 Å². The highest BCUT2D eigenvalue weighted by Crippen LogP contribution is 2.30. The number of aliphatic hydroxyl groups is 1. The molecule has 0 spiro atoms. The summed E-state index contributed by atoms with van der Waals surface area (Å²) in [6, 6.07) is 0.113. The van der Waals surface area contributed by atoms with E-state index in [1.165, 1.54) is 4.90 Å². The van der Waals surface area contributed by atoms with Crippen molar-refractivity contribution in [1.82, 2.24) is 4.90 Å². The van der Waals surface area contributed by atoms with Crippen molar-refractivity contribution in [3.05, 3.63) is 0 Å². The molecular weight excluding hydrogens is 245 g/mol. The van der Waals surface area contributed by atoms with Gasteiger partial charge in [0.15, 0.2) is 0 Å². The van der Waals surface area contributed by atoms with E-state index in [4.69, 9.17) is 5.73 Å². The van der Waals surface area contributed by atoms with E-state index in [0.29, 0.717) is 25.8 Å². The summed E-state index contributed by atoms with van der Waals surface area (Å²) in [6.07, 6.45) is -0.472. The van der Waals surface area contributed by atoms with E-state index in [2.05, 4.69) is 0 Å². The van der Waals surface area contributed by atoms with E-state index < -0.39 is 18.3 Å². The van der Waals surface area contributed by atoms with Crippen LogP contribution in [-0.2, 0) is 0 Å². The van der Waals surface area contributed by atoms with Crippen LogP contribution in [0, 0.1) is 0 Å². The minimum Gasteiger partial charge on any atom is -0.389 e. The molecule has 6 heteroatoms. The summed E-state index contributed by atoms with van der Waals surface area (Å²) in [7, 11) is 0. The first kappa shape index (κ1) is 15.7. The second kappa shape index (κ2) is 6.21. The van der Waals surface area contributed by atoms with Crippen molar-refractivity contribution in [3.8, 4) is 0 Å². The number of unbranched alkanes of at least 4 members (excludes halogenated alkanes) is 1. The van der Waals surface area contributed by atoms with Gasteiger partial charge in [-0.15, -0.1) is 0 Å². The molecule has 1 aliphatic rings. The summed E-state index contributed by atoms with van der Waals surface area (Å²) in [5.41, 5.74) is 4.49. The van der Waals surface area contributed by atoms with Crippen molar-refractivity contribution in [2.24, 2.45) is 5.73 Å². The van der Waals surface area contributed by atoms with Crippen LogP contribution in [0.15, 0.2) is 0 Å². The lowest BCUT2D eigenvalue weighted by Crippen LogP contribution is -2.37. The smallest absolute Gasteiger partial charge is 0.389 e. The van der Waals surface area contributed by atoms with E-state index >= 15 is 0 Å². The molecule has 0 saturated heterocycles. The minimum atomic E-state index is -4.12. The topological polar surface area (TPSA) is 49.5 Å². The molecule has 0 aromatic rings. The highest BCUT2D eigenvalue weighted by molar-refractivity contribution is 4.85. The van der Waals surface area contributed by atoms with Crippen LogP contribution in [0.3, 0.4) is 0 Å². The highest BCUT2D eigenvalue weighted by Gasteiger charge is 2.37. The molecule has 0 aromatic carbocycles. The van der Waals surface area contributed by atoms with Crippen LogP contribution in [-0.4, -0.2) is 47.5 Å². The standard InChI is InChI=1S/C12H23F3N2O/c1-11(18,8-16)6-2-3-7-17(10-4-5-10)9-12(13,14)15/h10,18H,2-9,16H2,1H3. The number of nitrogens with zero attached hydrogens (tertiary/aromatic N) is 1. The molecule has 1 rings (SSSR count).